The first-order chi connectivity index (χ1) is 10.1. The third-order valence-corrected chi connectivity index (χ3v) is 3.28. The van der Waals surface area contributed by atoms with Crippen LogP contribution in [0.1, 0.15) is 11.1 Å². The van der Waals surface area contributed by atoms with Gasteiger partial charge in [-0.1, -0.05) is 18.2 Å². The number of hydrogen-bond donors (Lipinski definition) is 1. The third-order valence-electron chi connectivity index (χ3n) is 3.28. The molecule has 1 aliphatic rings. The van der Waals surface area contributed by atoms with E-state index in [0.29, 0.717) is 11.4 Å². The maximum absolute atomic E-state index is 12.0. The van der Waals surface area contributed by atoms with Gasteiger partial charge in [-0.05, 0) is 24.6 Å². The van der Waals surface area contributed by atoms with Gasteiger partial charge in [-0.15, -0.1) is 0 Å². The second-order valence-electron chi connectivity index (χ2n) is 4.69. The number of fused-ring (bicyclic) bond motifs is 1. The summed E-state index contributed by atoms with van der Waals surface area (Å²) < 4.78 is 0. The third kappa shape index (κ3) is 2.27. The van der Waals surface area contributed by atoms with E-state index < -0.39 is 4.92 Å². The normalized spacial score (nSPS) is 14.9. The summed E-state index contributed by atoms with van der Waals surface area (Å²) in [5.74, 6) is -0.266. The summed E-state index contributed by atoms with van der Waals surface area (Å²) >= 11 is 0. The molecule has 3 rings (SSSR count). The largest absolute Gasteiger partial charge is 0.320 e. The van der Waals surface area contributed by atoms with Crippen molar-refractivity contribution in [3.05, 3.63) is 63.7 Å². The van der Waals surface area contributed by atoms with Gasteiger partial charge in [0, 0.05) is 17.7 Å². The van der Waals surface area contributed by atoms with Gasteiger partial charge in [0.25, 0.3) is 11.6 Å². The highest BCUT2D eigenvalue weighted by Crippen LogP contribution is 2.29. The summed E-state index contributed by atoms with van der Waals surface area (Å²) in [7, 11) is 0. The quantitative estimate of drug-likeness (QED) is 0.678. The number of nitrogens with one attached hydrogen (secondary N) is 1. The monoisotopic (exact) mass is 281 g/mol. The van der Waals surface area contributed by atoms with Crippen LogP contribution in [0.5, 0.6) is 0 Å². The lowest BCUT2D eigenvalue weighted by molar-refractivity contribution is -0.384. The van der Waals surface area contributed by atoms with Crippen LogP contribution in [0.25, 0.3) is 0 Å². The van der Waals surface area contributed by atoms with Gasteiger partial charge in [-0.25, -0.2) is 4.99 Å². The molecule has 0 bridgehead atoms. The van der Waals surface area contributed by atoms with Crippen molar-refractivity contribution >= 4 is 28.7 Å². The average Bonchev–Trinajstić information content (AvgIpc) is 2.78. The molecule has 0 atom stereocenters. The minimum atomic E-state index is -0.474. The second-order valence-corrected chi connectivity index (χ2v) is 4.69. The molecular formula is C15H11N3O3. The molecule has 1 amide bonds. The van der Waals surface area contributed by atoms with Crippen LogP contribution in [-0.4, -0.2) is 16.5 Å². The molecule has 1 N–H and O–H groups in total. The van der Waals surface area contributed by atoms with Crippen LogP contribution in [0.15, 0.2) is 47.5 Å². The van der Waals surface area contributed by atoms with Gasteiger partial charge in [0.1, 0.15) is 5.71 Å². The molecule has 1 aliphatic heterocycles. The number of carbonyl (C=O) groups excluding carboxylic acids is 1. The molecule has 0 fully saturated rings. The number of para-hydroxylation sites is 1. The minimum absolute atomic E-state index is 0.00827. The Labute approximate surface area is 120 Å². The molecule has 21 heavy (non-hydrogen) atoms. The number of benzene rings is 2. The number of nitro groups is 1. The molecule has 0 aromatic heterocycles. The van der Waals surface area contributed by atoms with Gasteiger partial charge in [-0.3, -0.25) is 14.9 Å². The number of non-ortho nitro benzene ring substituents is 1. The summed E-state index contributed by atoms with van der Waals surface area (Å²) in [4.78, 5) is 26.5. The molecule has 0 radical (unpaired) electrons. The van der Waals surface area contributed by atoms with E-state index in [1.54, 1.807) is 0 Å². The predicted molar refractivity (Wildman–Crippen MR) is 79.1 cm³/mol. The number of nitrogens with zero attached hydrogens (tertiary/aromatic N) is 2. The zero-order chi connectivity index (χ0) is 15.0. The van der Waals surface area contributed by atoms with Gasteiger partial charge in [-0.2, -0.15) is 0 Å². The molecule has 6 nitrogen and oxygen atoms in total. The Hall–Kier alpha value is -3.02. The molecule has 0 aliphatic carbocycles. The van der Waals surface area contributed by atoms with Crippen molar-refractivity contribution in [2.24, 2.45) is 4.99 Å². The molecule has 6 heteroatoms. The molecule has 0 spiro atoms. The molecule has 104 valence electrons. The van der Waals surface area contributed by atoms with Crippen LogP contribution in [0.2, 0.25) is 0 Å². The molecule has 0 saturated heterocycles. The summed E-state index contributed by atoms with van der Waals surface area (Å²) in [5.41, 5.74) is 3.30. The highest BCUT2D eigenvalue weighted by Gasteiger charge is 2.26. The Morgan fingerprint density at radius 3 is 2.52 bits per heavy atom. The zero-order valence-electron chi connectivity index (χ0n) is 11.2. The number of amides is 1. The fourth-order valence-corrected chi connectivity index (χ4v) is 2.22. The molecule has 1 heterocycles. The number of aryl methyl sites for hydroxylation is 1. The Balaban J connectivity index is 2.03. The van der Waals surface area contributed by atoms with E-state index in [1.165, 1.54) is 24.3 Å². The van der Waals surface area contributed by atoms with Crippen molar-refractivity contribution < 1.29 is 9.72 Å². The summed E-state index contributed by atoms with van der Waals surface area (Å²) in [6.45, 7) is 1.91. The van der Waals surface area contributed by atoms with Gasteiger partial charge < -0.3 is 5.32 Å². The summed E-state index contributed by atoms with van der Waals surface area (Å²) in [6, 6.07) is 11.4. The second kappa shape index (κ2) is 4.82. The van der Waals surface area contributed by atoms with E-state index in [0.717, 1.165) is 16.8 Å². The molecule has 0 unspecified atom stereocenters. The smallest absolute Gasteiger partial charge is 0.275 e. The lowest BCUT2D eigenvalue weighted by atomic mass is 10.1. The first kappa shape index (κ1) is 13.0. The Morgan fingerprint density at radius 2 is 1.86 bits per heavy atom. The molecular weight excluding hydrogens is 270 g/mol. The van der Waals surface area contributed by atoms with E-state index in [2.05, 4.69) is 10.3 Å². The first-order valence-corrected chi connectivity index (χ1v) is 6.31. The van der Waals surface area contributed by atoms with Crippen LogP contribution in [0, 0.1) is 17.0 Å². The lowest BCUT2D eigenvalue weighted by Crippen LogP contribution is -2.13. The van der Waals surface area contributed by atoms with Crippen molar-refractivity contribution in [2.45, 2.75) is 6.92 Å². The number of aliphatic imine (C=N–C) groups is 1. The number of carbonyl (C=O) groups is 1. The average molecular weight is 281 g/mol. The predicted octanol–water partition coefficient (Wildman–Crippen LogP) is 2.98. The lowest BCUT2D eigenvalue weighted by Gasteiger charge is -2.01. The van der Waals surface area contributed by atoms with Crippen molar-refractivity contribution in [3.8, 4) is 0 Å². The van der Waals surface area contributed by atoms with Gasteiger partial charge in [0.15, 0.2) is 0 Å². The fourth-order valence-electron chi connectivity index (χ4n) is 2.22. The van der Waals surface area contributed by atoms with Crippen molar-refractivity contribution in [1.29, 1.82) is 0 Å². The van der Waals surface area contributed by atoms with Crippen molar-refractivity contribution in [2.75, 3.05) is 5.32 Å². The van der Waals surface area contributed by atoms with E-state index in [9.17, 15) is 14.9 Å². The molecule has 2 aromatic rings. The van der Waals surface area contributed by atoms with E-state index in [1.807, 2.05) is 25.1 Å². The van der Waals surface area contributed by atoms with Gasteiger partial charge in [0.05, 0.1) is 16.3 Å². The molecule has 0 saturated carbocycles. The van der Waals surface area contributed by atoms with E-state index >= 15 is 0 Å². The van der Waals surface area contributed by atoms with E-state index in [4.69, 9.17) is 0 Å². The molecule has 2 aromatic carbocycles. The van der Waals surface area contributed by atoms with Crippen LogP contribution >= 0.6 is 0 Å². The Bertz CT molecular complexity index is 779. The van der Waals surface area contributed by atoms with Crippen LogP contribution in [0.4, 0.5) is 17.1 Å². The topological polar surface area (TPSA) is 84.6 Å². The number of nitro benzene ring substituents is 1. The van der Waals surface area contributed by atoms with Crippen LogP contribution < -0.4 is 5.32 Å². The first-order valence-electron chi connectivity index (χ1n) is 6.31. The number of hydrogen-bond acceptors (Lipinski definition) is 4. The standard InChI is InChI=1S/C15H11N3O3/c1-9-3-2-4-12-13(9)17-15(19)14(12)16-10-5-7-11(8-6-10)18(20)21/h2-8H,1H3,(H,16,17,19). The Morgan fingerprint density at radius 1 is 1.14 bits per heavy atom. The summed E-state index contributed by atoms with van der Waals surface area (Å²) in [6.07, 6.45) is 0. The Kier molecular flexibility index (Phi) is 2.98. The number of rotatable bonds is 2. The SMILES string of the molecule is Cc1cccc2c1NC(=O)C2=Nc1ccc([N+](=O)[O-])cc1. The highest BCUT2D eigenvalue weighted by atomic mass is 16.6. The zero-order valence-corrected chi connectivity index (χ0v) is 11.2. The fraction of sp³-hybridized carbons (Fsp3) is 0.0667. The van der Waals surface area contributed by atoms with Crippen LogP contribution in [-0.2, 0) is 4.79 Å². The summed E-state index contributed by atoms with van der Waals surface area (Å²) in [5, 5.41) is 13.4. The maximum atomic E-state index is 12.0. The maximum Gasteiger partial charge on any atom is 0.275 e. The number of anilines is 1. The van der Waals surface area contributed by atoms with Gasteiger partial charge >= 0.3 is 0 Å². The highest BCUT2D eigenvalue weighted by molar-refractivity contribution is 6.54. The van der Waals surface area contributed by atoms with Crippen LogP contribution in [0.3, 0.4) is 0 Å². The van der Waals surface area contributed by atoms with Crippen molar-refractivity contribution in [3.63, 3.8) is 0 Å². The van der Waals surface area contributed by atoms with E-state index in [-0.39, 0.29) is 11.6 Å². The van der Waals surface area contributed by atoms with Crippen molar-refractivity contribution in [1.82, 2.24) is 0 Å². The minimum Gasteiger partial charge on any atom is -0.320 e. The van der Waals surface area contributed by atoms with Gasteiger partial charge in [0.2, 0.25) is 0 Å².